The molecule has 0 heterocycles. The maximum absolute atomic E-state index is 11.5. The predicted octanol–water partition coefficient (Wildman–Crippen LogP) is 0.893. The van der Waals surface area contributed by atoms with Gasteiger partial charge in [0.2, 0.25) is 5.91 Å². The highest BCUT2D eigenvalue weighted by Crippen LogP contribution is 1.97. The third-order valence-electron chi connectivity index (χ3n) is 1.79. The van der Waals surface area contributed by atoms with E-state index in [2.05, 4.69) is 15.9 Å². The van der Waals surface area contributed by atoms with E-state index in [4.69, 9.17) is 9.47 Å². The van der Waals surface area contributed by atoms with Gasteiger partial charge in [-0.3, -0.25) is 4.79 Å². The molecule has 1 amide bonds. The van der Waals surface area contributed by atoms with Crippen molar-refractivity contribution in [2.45, 2.75) is 6.42 Å². The van der Waals surface area contributed by atoms with Gasteiger partial charge in [0.1, 0.15) is 0 Å². The number of ether oxygens (including phenoxy) is 2. The molecule has 0 bridgehead atoms. The average molecular weight is 268 g/mol. The molecule has 0 aliphatic rings. The van der Waals surface area contributed by atoms with Crippen molar-refractivity contribution in [1.82, 2.24) is 4.90 Å². The summed E-state index contributed by atoms with van der Waals surface area (Å²) in [5.41, 5.74) is 0. The normalized spacial score (nSPS) is 10.2. The second kappa shape index (κ2) is 9.43. The number of carbonyl (C=O) groups excluding carboxylic acids is 1. The van der Waals surface area contributed by atoms with Crippen molar-refractivity contribution in [2.24, 2.45) is 0 Å². The van der Waals surface area contributed by atoms with E-state index < -0.39 is 0 Å². The lowest BCUT2D eigenvalue weighted by Gasteiger charge is -2.21. The van der Waals surface area contributed by atoms with Crippen LogP contribution in [0.1, 0.15) is 6.42 Å². The topological polar surface area (TPSA) is 38.8 Å². The fourth-order valence-corrected chi connectivity index (χ4v) is 1.34. The number of amides is 1. The van der Waals surface area contributed by atoms with E-state index in [9.17, 15) is 4.79 Å². The Morgan fingerprint density at radius 3 is 2.07 bits per heavy atom. The highest BCUT2D eigenvalue weighted by molar-refractivity contribution is 9.09. The van der Waals surface area contributed by atoms with Gasteiger partial charge < -0.3 is 14.4 Å². The van der Waals surface area contributed by atoms with Crippen molar-refractivity contribution in [1.29, 1.82) is 0 Å². The zero-order chi connectivity index (χ0) is 10.8. The Morgan fingerprint density at radius 2 is 1.71 bits per heavy atom. The average Bonchev–Trinajstić information content (AvgIpc) is 2.18. The molecule has 4 nitrogen and oxygen atoms in total. The number of rotatable bonds is 8. The van der Waals surface area contributed by atoms with Crippen LogP contribution in [0.2, 0.25) is 0 Å². The Morgan fingerprint density at radius 1 is 1.21 bits per heavy atom. The Labute approximate surface area is 93.7 Å². The van der Waals surface area contributed by atoms with Gasteiger partial charge >= 0.3 is 0 Å². The van der Waals surface area contributed by atoms with Crippen LogP contribution >= 0.6 is 15.9 Å². The molecule has 0 radical (unpaired) electrons. The molecule has 0 aromatic carbocycles. The molecule has 0 unspecified atom stereocenters. The summed E-state index contributed by atoms with van der Waals surface area (Å²) in [5.74, 6) is 0.135. The molecule has 0 aromatic rings. The fraction of sp³-hybridized carbons (Fsp3) is 0.889. The minimum atomic E-state index is 0.135. The molecule has 0 fully saturated rings. The van der Waals surface area contributed by atoms with E-state index in [0.717, 1.165) is 0 Å². The van der Waals surface area contributed by atoms with Gasteiger partial charge in [0.15, 0.2) is 0 Å². The zero-order valence-corrected chi connectivity index (χ0v) is 10.4. The monoisotopic (exact) mass is 267 g/mol. The number of methoxy groups -OCH3 is 2. The summed E-state index contributed by atoms with van der Waals surface area (Å²) >= 11 is 3.24. The minimum Gasteiger partial charge on any atom is -0.383 e. The van der Waals surface area contributed by atoms with Gasteiger partial charge in [-0.2, -0.15) is 0 Å². The van der Waals surface area contributed by atoms with Crippen LogP contribution in [0.5, 0.6) is 0 Å². The molecular weight excluding hydrogens is 250 g/mol. The maximum atomic E-state index is 11.5. The van der Waals surface area contributed by atoms with Crippen molar-refractivity contribution in [2.75, 3.05) is 45.9 Å². The van der Waals surface area contributed by atoms with Gasteiger partial charge in [-0.05, 0) is 0 Å². The van der Waals surface area contributed by atoms with Crippen LogP contribution in [0.4, 0.5) is 0 Å². The van der Waals surface area contributed by atoms with Crippen LogP contribution < -0.4 is 0 Å². The van der Waals surface area contributed by atoms with E-state index in [0.29, 0.717) is 38.1 Å². The summed E-state index contributed by atoms with van der Waals surface area (Å²) < 4.78 is 9.87. The molecule has 0 aliphatic heterocycles. The molecule has 0 aromatic heterocycles. The van der Waals surface area contributed by atoms with Gasteiger partial charge in [0.05, 0.1) is 13.2 Å². The summed E-state index contributed by atoms with van der Waals surface area (Å²) in [5, 5.41) is 0.697. The lowest BCUT2D eigenvalue weighted by molar-refractivity contribution is -0.132. The molecule has 84 valence electrons. The van der Waals surface area contributed by atoms with Gasteiger partial charge in [0, 0.05) is 39.1 Å². The van der Waals surface area contributed by atoms with E-state index in [1.807, 2.05) is 0 Å². The Hall–Kier alpha value is -0.130. The van der Waals surface area contributed by atoms with E-state index in [-0.39, 0.29) is 5.91 Å². The highest BCUT2D eigenvalue weighted by atomic mass is 79.9. The quantitative estimate of drug-likeness (QED) is 0.614. The standard InChI is InChI=1S/C9H18BrNO3/c1-13-7-5-11(6-8-14-2)9(12)3-4-10/h3-8H2,1-2H3. The third kappa shape index (κ3) is 6.34. The van der Waals surface area contributed by atoms with Crippen LogP contribution in [-0.2, 0) is 14.3 Å². The second-order valence-electron chi connectivity index (χ2n) is 2.81. The summed E-state index contributed by atoms with van der Waals surface area (Å²) in [7, 11) is 3.26. The number of carbonyl (C=O) groups is 1. The molecule has 0 spiro atoms. The van der Waals surface area contributed by atoms with Gasteiger partial charge in [-0.1, -0.05) is 15.9 Å². The Balaban J connectivity index is 3.88. The molecule has 0 saturated heterocycles. The van der Waals surface area contributed by atoms with Crippen LogP contribution in [0.15, 0.2) is 0 Å². The molecule has 0 N–H and O–H groups in total. The first-order chi connectivity index (χ1) is 6.76. The third-order valence-corrected chi connectivity index (χ3v) is 2.19. The summed E-state index contributed by atoms with van der Waals surface area (Å²) in [4.78, 5) is 13.3. The summed E-state index contributed by atoms with van der Waals surface area (Å²) in [6.45, 7) is 2.40. The van der Waals surface area contributed by atoms with Crippen molar-refractivity contribution in [3.8, 4) is 0 Å². The van der Waals surface area contributed by atoms with Gasteiger partial charge in [-0.15, -0.1) is 0 Å². The zero-order valence-electron chi connectivity index (χ0n) is 8.79. The molecule has 0 saturated carbocycles. The van der Waals surface area contributed by atoms with E-state index >= 15 is 0 Å². The molecule has 5 heteroatoms. The predicted molar refractivity (Wildman–Crippen MR) is 58.7 cm³/mol. The summed E-state index contributed by atoms with van der Waals surface area (Å²) in [6, 6.07) is 0. The Kier molecular flexibility index (Phi) is 9.34. The largest absolute Gasteiger partial charge is 0.383 e. The van der Waals surface area contributed by atoms with Crippen molar-refractivity contribution in [3.63, 3.8) is 0 Å². The molecular formula is C9H18BrNO3. The highest BCUT2D eigenvalue weighted by Gasteiger charge is 2.11. The number of halogens is 1. The van der Waals surface area contributed by atoms with Crippen LogP contribution in [-0.4, -0.2) is 56.7 Å². The molecule has 0 atom stereocenters. The first-order valence-electron chi connectivity index (χ1n) is 4.57. The number of nitrogens with zero attached hydrogens (tertiary/aromatic N) is 1. The van der Waals surface area contributed by atoms with Crippen LogP contribution in [0, 0.1) is 0 Å². The second-order valence-corrected chi connectivity index (χ2v) is 3.60. The fourth-order valence-electron chi connectivity index (χ4n) is 1.00. The van der Waals surface area contributed by atoms with Crippen molar-refractivity contribution >= 4 is 21.8 Å². The SMILES string of the molecule is COCCN(CCOC)C(=O)CCBr. The van der Waals surface area contributed by atoms with Crippen molar-refractivity contribution < 1.29 is 14.3 Å². The maximum Gasteiger partial charge on any atom is 0.223 e. The lowest BCUT2D eigenvalue weighted by Crippen LogP contribution is -2.36. The van der Waals surface area contributed by atoms with Crippen molar-refractivity contribution in [3.05, 3.63) is 0 Å². The number of hydrogen-bond donors (Lipinski definition) is 0. The molecule has 0 rings (SSSR count). The number of hydrogen-bond acceptors (Lipinski definition) is 3. The Bertz CT molecular complexity index is 147. The van der Waals surface area contributed by atoms with Crippen LogP contribution in [0.25, 0.3) is 0 Å². The number of alkyl halides is 1. The van der Waals surface area contributed by atoms with Crippen LogP contribution in [0.3, 0.4) is 0 Å². The van der Waals surface area contributed by atoms with E-state index in [1.165, 1.54) is 0 Å². The smallest absolute Gasteiger partial charge is 0.223 e. The minimum absolute atomic E-state index is 0.135. The first-order valence-corrected chi connectivity index (χ1v) is 5.70. The summed E-state index contributed by atoms with van der Waals surface area (Å²) in [6.07, 6.45) is 0.521. The lowest BCUT2D eigenvalue weighted by atomic mass is 10.4. The van der Waals surface area contributed by atoms with Gasteiger partial charge in [-0.25, -0.2) is 0 Å². The first kappa shape index (κ1) is 13.9. The van der Waals surface area contributed by atoms with Gasteiger partial charge in [0.25, 0.3) is 0 Å². The van der Waals surface area contributed by atoms with E-state index in [1.54, 1.807) is 19.1 Å². The molecule has 0 aliphatic carbocycles. The molecule has 14 heavy (non-hydrogen) atoms.